The van der Waals surface area contributed by atoms with Crippen molar-refractivity contribution in [3.63, 3.8) is 0 Å². The van der Waals surface area contributed by atoms with Crippen LogP contribution in [0.3, 0.4) is 0 Å². The molecule has 1 fully saturated rings. The largest absolute Gasteiger partial charge is 0.507 e. The van der Waals surface area contributed by atoms with E-state index in [0.29, 0.717) is 42.1 Å². The first-order chi connectivity index (χ1) is 18.1. The predicted molar refractivity (Wildman–Crippen MR) is 150 cm³/mol. The minimum absolute atomic E-state index is 0.178. The van der Waals surface area contributed by atoms with E-state index in [4.69, 9.17) is 11.6 Å². The van der Waals surface area contributed by atoms with Gasteiger partial charge in [0.25, 0.3) is 5.56 Å². The molecule has 4 rings (SSSR count). The molecular formula is C28H31ClFN5O3. The fourth-order valence-electron chi connectivity index (χ4n) is 4.52. The molecule has 2 heterocycles. The number of anilines is 2. The lowest BCUT2D eigenvalue weighted by Crippen LogP contribution is -2.50. The van der Waals surface area contributed by atoms with E-state index in [0.717, 1.165) is 6.54 Å². The molecule has 38 heavy (non-hydrogen) atoms. The number of carbonyl (C=O) groups excluding carboxylic acids is 1. The third-order valence-electron chi connectivity index (χ3n) is 6.49. The minimum Gasteiger partial charge on any atom is -0.507 e. The summed E-state index contributed by atoms with van der Waals surface area (Å²) in [5.74, 6) is -0.0597. The summed E-state index contributed by atoms with van der Waals surface area (Å²) in [6.07, 6.45) is 3.90. The maximum atomic E-state index is 14.9. The maximum absolute atomic E-state index is 14.9. The first-order valence-corrected chi connectivity index (χ1v) is 12.6. The molecule has 0 radical (unpaired) electrons. The molecule has 0 bridgehead atoms. The Hall–Kier alpha value is -3.82. The number of amides is 1. The molecule has 8 nitrogen and oxygen atoms in total. The Morgan fingerprint density at radius 3 is 2.45 bits per heavy atom. The number of nitrogens with zero attached hydrogens (tertiary/aromatic N) is 4. The van der Waals surface area contributed by atoms with Crippen LogP contribution in [0.25, 0.3) is 22.3 Å². The van der Waals surface area contributed by atoms with Gasteiger partial charge in [-0.25, -0.2) is 4.39 Å². The van der Waals surface area contributed by atoms with Crippen molar-refractivity contribution in [2.45, 2.75) is 13.0 Å². The number of phenolic OH excluding ortho intramolecular Hbond substituents is 1. The molecular weight excluding hydrogens is 509 g/mol. The Bertz CT molecular complexity index is 1440. The van der Waals surface area contributed by atoms with E-state index in [9.17, 15) is 19.1 Å². The molecule has 1 saturated heterocycles. The van der Waals surface area contributed by atoms with Crippen LogP contribution < -0.4 is 20.7 Å². The number of carbonyl (C=O) groups is 1. The number of aromatic hydroxyl groups is 1. The Kier molecular flexibility index (Phi) is 8.08. The third kappa shape index (κ3) is 5.69. The number of aromatic nitrogens is 1. The topological polar surface area (TPSA) is 81.1 Å². The highest BCUT2D eigenvalue weighted by Gasteiger charge is 2.21. The molecule has 2 N–H and O–H groups in total. The number of phenols is 1. The van der Waals surface area contributed by atoms with Crippen LogP contribution in [0.5, 0.6) is 5.75 Å². The highest BCUT2D eigenvalue weighted by Crippen LogP contribution is 2.41. The van der Waals surface area contributed by atoms with Gasteiger partial charge in [-0.3, -0.25) is 19.1 Å². The number of halogens is 2. The smallest absolute Gasteiger partial charge is 0.252 e. The van der Waals surface area contributed by atoms with Gasteiger partial charge in [0.2, 0.25) is 6.41 Å². The van der Waals surface area contributed by atoms with Crippen molar-refractivity contribution in [3.05, 3.63) is 76.1 Å². The fourth-order valence-corrected chi connectivity index (χ4v) is 4.80. The lowest BCUT2D eigenvalue weighted by molar-refractivity contribution is -0.106. The van der Waals surface area contributed by atoms with Crippen molar-refractivity contribution in [1.82, 2.24) is 14.8 Å². The highest BCUT2D eigenvalue weighted by molar-refractivity contribution is 6.34. The van der Waals surface area contributed by atoms with Crippen LogP contribution in [-0.2, 0) is 11.8 Å². The van der Waals surface area contributed by atoms with Crippen LogP contribution in [0.15, 0.2) is 59.7 Å². The number of rotatable bonds is 7. The molecule has 0 spiro atoms. The third-order valence-corrected chi connectivity index (χ3v) is 6.79. The van der Waals surface area contributed by atoms with E-state index in [2.05, 4.69) is 17.1 Å². The summed E-state index contributed by atoms with van der Waals surface area (Å²) in [6.45, 7) is 4.28. The second-order valence-corrected chi connectivity index (χ2v) is 10.00. The Morgan fingerprint density at radius 1 is 1.11 bits per heavy atom. The van der Waals surface area contributed by atoms with Crippen molar-refractivity contribution < 1.29 is 14.3 Å². The lowest BCUT2D eigenvalue weighted by Gasteiger charge is -2.34. The first kappa shape index (κ1) is 27.2. The predicted octanol–water partition coefficient (Wildman–Crippen LogP) is 4.01. The summed E-state index contributed by atoms with van der Waals surface area (Å²) in [5, 5.41) is 14.9. The standard InChI is InChI=1S/C28H31ClFN5O3/c1-18-16-34(8-7-31-18)26-12-20(13-27(37)33(26)4)23-15-21(30)14-22(28(23)38)19-5-6-25(24(29)11-19)35(17-36)10-9-32(2)3/h5-6,9-15,17-18,31,38H,7-8,16H2,1-4H3/b10-9-/t18-/m1/s1. The van der Waals surface area contributed by atoms with Gasteiger partial charge in [-0.1, -0.05) is 17.7 Å². The van der Waals surface area contributed by atoms with Crippen molar-refractivity contribution in [1.29, 1.82) is 0 Å². The summed E-state index contributed by atoms with van der Waals surface area (Å²) in [5.41, 5.74) is 1.46. The van der Waals surface area contributed by atoms with Crippen LogP contribution in [-0.4, -0.2) is 60.8 Å². The average Bonchev–Trinajstić information content (AvgIpc) is 2.87. The summed E-state index contributed by atoms with van der Waals surface area (Å²) in [4.78, 5) is 29.7. The molecule has 1 aliphatic heterocycles. The van der Waals surface area contributed by atoms with E-state index < -0.39 is 5.82 Å². The Morgan fingerprint density at radius 2 is 1.82 bits per heavy atom. The van der Waals surface area contributed by atoms with Gasteiger partial charge in [0.1, 0.15) is 17.4 Å². The summed E-state index contributed by atoms with van der Waals surface area (Å²) in [7, 11) is 5.35. The van der Waals surface area contributed by atoms with Gasteiger partial charge in [-0.05, 0) is 48.4 Å². The SMILES string of the molecule is C[C@@H]1CN(c2cc(-c3cc(F)cc(-c4ccc(N(C=O)/C=C\N(C)C)c(Cl)c4)c3O)cc(=O)n2C)CCN1. The highest BCUT2D eigenvalue weighted by atomic mass is 35.5. The van der Waals surface area contributed by atoms with Crippen molar-refractivity contribution >= 4 is 29.5 Å². The molecule has 1 aliphatic rings. The zero-order valence-corrected chi connectivity index (χ0v) is 22.5. The second kappa shape index (κ2) is 11.3. The Balaban J connectivity index is 1.77. The van der Waals surface area contributed by atoms with Gasteiger partial charge in [-0.15, -0.1) is 0 Å². The van der Waals surface area contributed by atoms with Crippen LogP contribution in [0, 0.1) is 5.82 Å². The van der Waals surface area contributed by atoms with Gasteiger partial charge >= 0.3 is 0 Å². The fraction of sp³-hybridized carbons (Fsp3) is 0.286. The normalized spacial score (nSPS) is 15.6. The molecule has 1 atom stereocenters. The van der Waals surface area contributed by atoms with Gasteiger partial charge < -0.3 is 20.2 Å². The molecule has 0 saturated carbocycles. The average molecular weight is 540 g/mol. The quantitative estimate of drug-likeness (QED) is 0.442. The van der Waals surface area contributed by atoms with E-state index in [1.165, 1.54) is 23.1 Å². The number of benzene rings is 2. The van der Waals surface area contributed by atoms with E-state index in [1.807, 2.05) is 14.1 Å². The Labute approximate surface area is 226 Å². The van der Waals surface area contributed by atoms with E-state index in [-0.39, 0.29) is 33.5 Å². The van der Waals surface area contributed by atoms with Crippen LogP contribution in [0.1, 0.15) is 6.92 Å². The summed E-state index contributed by atoms with van der Waals surface area (Å²) < 4.78 is 16.4. The molecule has 2 aromatic carbocycles. The zero-order chi connectivity index (χ0) is 27.6. The lowest BCUT2D eigenvalue weighted by atomic mass is 9.97. The van der Waals surface area contributed by atoms with Gasteiger partial charge in [0.05, 0.1) is 10.7 Å². The van der Waals surface area contributed by atoms with Crippen LogP contribution in [0.4, 0.5) is 15.9 Å². The number of hydrogen-bond donors (Lipinski definition) is 2. The molecule has 3 aromatic rings. The second-order valence-electron chi connectivity index (χ2n) is 9.59. The minimum atomic E-state index is -0.575. The van der Waals surface area contributed by atoms with Gasteiger partial charge in [-0.2, -0.15) is 0 Å². The zero-order valence-electron chi connectivity index (χ0n) is 21.8. The van der Waals surface area contributed by atoms with Crippen molar-refractivity contribution in [2.24, 2.45) is 7.05 Å². The first-order valence-electron chi connectivity index (χ1n) is 12.2. The maximum Gasteiger partial charge on any atom is 0.252 e. The molecule has 1 amide bonds. The number of piperazine rings is 1. The van der Waals surface area contributed by atoms with E-state index >= 15 is 0 Å². The van der Waals surface area contributed by atoms with Crippen molar-refractivity contribution in [2.75, 3.05) is 43.5 Å². The summed E-state index contributed by atoms with van der Waals surface area (Å²) in [6, 6.07) is 10.7. The summed E-state index contributed by atoms with van der Waals surface area (Å²) >= 11 is 6.50. The molecule has 10 heteroatoms. The van der Waals surface area contributed by atoms with E-state index in [1.54, 1.807) is 53.2 Å². The van der Waals surface area contributed by atoms with Crippen LogP contribution in [0.2, 0.25) is 5.02 Å². The van der Waals surface area contributed by atoms with Crippen molar-refractivity contribution in [3.8, 4) is 28.0 Å². The molecule has 200 valence electrons. The number of hydrogen-bond acceptors (Lipinski definition) is 6. The number of nitrogens with one attached hydrogen (secondary N) is 1. The molecule has 1 aromatic heterocycles. The molecule has 0 unspecified atom stereocenters. The molecule has 0 aliphatic carbocycles. The van der Waals surface area contributed by atoms with Gasteiger partial charge in [0.15, 0.2) is 0 Å². The van der Waals surface area contributed by atoms with Crippen LogP contribution >= 0.6 is 11.6 Å². The van der Waals surface area contributed by atoms with Gasteiger partial charge in [0, 0.05) is 76.4 Å². The monoisotopic (exact) mass is 539 g/mol. The number of pyridine rings is 1.